The highest BCUT2D eigenvalue weighted by molar-refractivity contribution is 5.93. The Morgan fingerprint density at radius 1 is 1.42 bits per heavy atom. The fourth-order valence-corrected chi connectivity index (χ4v) is 1.52. The van der Waals surface area contributed by atoms with Gasteiger partial charge in [0.2, 0.25) is 0 Å². The zero-order valence-electron chi connectivity index (χ0n) is 11.0. The SMILES string of the molecule is C=CCN(CC(=O)O)c1ccc(C(=O)N(C)C)cn1. The van der Waals surface area contributed by atoms with Crippen molar-refractivity contribution in [3.63, 3.8) is 0 Å². The van der Waals surface area contributed by atoms with Crippen molar-refractivity contribution in [2.75, 3.05) is 32.1 Å². The molecule has 1 amide bonds. The fraction of sp³-hybridized carbons (Fsp3) is 0.308. The van der Waals surface area contributed by atoms with E-state index < -0.39 is 5.97 Å². The monoisotopic (exact) mass is 263 g/mol. The van der Waals surface area contributed by atoms with E-state index in [2.05, 4.69) is 11.6 Å². The van der Waals surface area contributed by atoms with Crippen molar-refractivity contribution >= 4 is 17.7 Å². The lowest BCUT2D eigenvalue weighted by Gasteiger charge is -2.20. The predicted molar refractivity (Wildman–Crippen MR) is 72.3 cm³/mol. The highest BCUT2D eigenvalue weighted by Gasteiger charge is 2.12. The van der Waals surface area contributed by atoms with E-state index in [9.17, 15) is 9.59 Å². The second-order valence-electron chi connectivity index (χ2n) is 4.17. The Balaban J connectivity index is 2.91. The number of carbonyl (C=O) groups excluding carboxylic acids is 1. The van der Waals surface area contributed by atoms with Gasteiger partial charge in [0.05, 0.1) is 5.56 Å². The summed E-state index contributed by atoms with van der Waals surface area (Å²) in [5.74, 6) is -0.595. The molecule has 0 radical (unpaired) electrons. The Bertz CT molecular complexity index is 469. The molecule has 0 aromatic carbocycles. The number of carbonyl (C=O) groups is 2. The van der Waals surface area contributed by atoms with Gasteiger partial charge in [-0.05, 0) is 12.1 Å². The maximum Gasteiger partial charge on any atom is 0.323 e. The number of nitrogens with zero attached hydrogens (tertiary/aromatic N) is 3. The molecule has 0 bridgehead atoms. The number of pyridine rings is 1. The molecule has 0 aliphatic carbocycles. The summed E-state index contributed by atoms with van der Waals surface area (Å²) in [6.07, 6.45) is 3.04. The summed E-state index contributed by atoms with van der Waals surface area (Å²) < 4.78 is 0. The molecule has 0 atom stereocenters. The highest BCUT2D eigenvalue weighted by Crippen LogP contribution is 2.12. The van der Waals surface area contributed by atoms with Gasteiger partial charge in [0.25, 0.3) is 5.91 Å². The van der Waals surface area contributed by atoms with Gasteiger partial charge in [-0.1, -0.05) is 6.08 Å². The molecule has 6 nitrogen and oxygen atoms in total. The van der Waals surface area contributed by atoms with Crippen LogP contribution in [-0.2, 0) is 4.79 Å². The number of anilines is 1. The molecular weight excluding hydrogens is 246 g/mol. The number of carboxylic acids is 1. The first-order valence-corrected chi connectivity index (χ1v) is 5.71. The van der Waals surface area contributed by atoms with Crippen LogP contribution in [0.15, 0.2) is 31.0 Å². The first-order chi connectivity index (χ1) is 8.95. The van der Waals surface area contributed by atoms with Gasteiger partial charge < -0.3 is 14.9 Å². The van der Waals surface area contributed by atoms with Crippen LogP contribution in [-0.4, -0.2) is 54.1 Å². The normalized spacial score (nSPS) is 9.79. The van der Waals surface area contributed by atoms with Gasteiger partial charge in [-0.25, -0.2) is 4.98 Å². The molecule has 1 heterocycles. The molecule has 1 rings (SSSR count). The first kappa shape index (κ1) is 14.7. The van der Waals surface area contributed by atoms with Crippen molar-refractivity contribution in [2.45, 2.75) is 0 Å². The van der Waals surface area contributed by atoms with E-state index in [1.165, 1.54) is 11.1 Å². The number of carboxylic acid groups (broad SMARTS) is 1. The van der Waals surface area contributed by atoms with Crippen LogP contribution in [0.1, 0.15) is 10.4 Å². The van der Waals surface area contributed by atoms with Gasteiger partial charge >= 0.3 is 5.97 Å². The summed E-state index contributed by atoms with van der Waals surface area (Å²) in [5.41, 5.74) is 0.461. The standard InChI is InChI=1S/C13H17N3O3/c1-4-7-16(9-12(17)18)11-6-5-10(8-14-11)13(19)15(2)3/h4-6,8H,1,7,9H2,2-3H3,(H,17,18). The van der Waals surface area contributed by atoms with Crippen LogP contribution in [0, 0.1) is 0 Å². The molecule has 19 heavy (non-hydrogen) atoms. The van der Waals surface area contributed by atoms with Crippen LogP contribution in [0.25, 0.3) is 0 Å². The van der Waals surface area contributed by atoms with Crippen LogP contribution in [0.3, 0.4) is 0 Å². The van der Waals surface area contributed by atoms with E-state index in [0.29, 0.717) is 17.9 Å². The first-order valence-electron chi connectivity index (χ1n) is 5.71. The molecule has 0 saturated carbocycles. The van der Waals surface area contributed by atoms with Gasteiger partial charge in [-0.2, -0.15) is 0 Å². The fourth-order valence-electron chi connectivity index (χ4n) is 1.52. The van der Waals surface area contributed by atoms with Crippen LogP contribution in [0.2, 0.25) is 0 Å². The maximum atomic E-state index is 11.7. The minimum Gasteiger partial charge on any atom is -0.480 e. The smallest absolute Gasteiger partial charge is 0.323 e. The quantitative estimate of drug-likeness (QED) is 0.771. The number of rotatable bonds is 6. The van der Waals surface area contributed by atoms with E-state index in [1.54, 1.807) is 37.2 Å². The molecule has 1 aromatic rings. The molecule has 1 N–H and O–H groups in total. The van der Waals surface area contributed by atoms with Gasteiger partial charge in [0, 0.05) is 26.8 Å². The van der Waals surface area contributed by atoms with Crippen molar-refractivity contribution < 1.29 is 14.7 Å². The minimum atomic E-state index is -0.947. The molecule has 0 saturated heterocycles. The zero-order chi connectivity index (χ0) is 14.4. The molecular formula is C13H17N3O3. The van der Waals surface area contributed by atoms with E-state index in [0.717, 1.165) is 0 Å². The number of hydrogen-bond donors (Lipinski definition) is 1. The van der Waals surface area contributed by atoms with Crippen molar-refractivity contribution in [1.82, 2.24) is 9.88 Å². The minimum absolute atomic E-state index is 0.146. The van der Waals surface area contributed by atoms with Crippen molar-refractivity contribution in [3.05, 3.63) is 36.5 Å². The van der Waals surface area contributed by atoms with Crippen LogP contribution >= 0.6 is 0 Å². The van der Waals surface area contributed by atoms with Crippen molar-refractivity contribution in [1.29, 1.82) is 0 Å². The lowest BCUT2D eigenvalue weighted by molar-refractivity contribution is -0.135. The average Bonchev–Trinajstić information content (AvgIpc) is 2.37. The lowest BCUT2D eigenvalue weighted by Crippen LogP contribution is -2.30. The van der Waals surface area contributed by atoms with Crippen LogP contribution < -0.4 is 4.90 Å². The molecule has 6 heteroatoms. The Morgan fingerprint density at radius 3 is 2.53 bits per heavy atom. The highest BCUT2D eigenvalue weighted by atomic mass is 16.4. The summed E-state index contributed by atoms with van der Waals surface area (Å²) >= 11 is 0. The second-order valence-corrected chi connectivity index (χ2v) is 4.17. The molecule has 102 valence electrons. The Hall–Kier alpha value is -2.37. The Morgan fingerprint density at radius 2 is 2.11 bits per heavy atom. The van der Waals surface area contributed by atoms with E-state index in [-0.39, 0.29) is 12.5 Å². The van der Waals surface area contributed by atoms with E-state index in [1.807, 2.05) is 0 Å². The van der Waals surface area contributed by atoms with Gasteiger partial charge in [-0.15, -0.1) is 6.58 Å². The van der Waals surface area contributed by atoms with E-state index >= 15 is 0 Å². The van der Waals surface area contributed by atoms with Crippen LogP contribution in [0.5, 0.6) is 0 Å². The third-order valence-electron chi connectivity index (χ3n) is 2.40. The number of hydrogen-bond acceptors (Lipinski definition) is 4. The van der Waals surface area contributed by atoms with Crippen LogP contribution in [0.4, 0.5) is 5.82 Å². The summed E-state index contributed by atoms with van der Waals surface area (Å²) in [5, 5.41) is 8.82. The largest absolute Gasteiger partial charge is 0.480 e. The Kier molecular flexibility index (Phi) is 5.05. The summed E-state index contributed by atoms with van der Waals surface area (Å²) in [6.45, 7) is 3.79. The number of aromatic nitrogens is 1. The lowest BCUT2D eigenvalue weighted by atomic mass is 10.2. The topological polar surface area (TPSA) is 73.7 Å². The maximum absolute atomic E-state index is 11.7. The van der Waals surface area contributed by atoms with Gasteiger partial charge in [0.15, 0.2) is 0 Å². The zero-order valence-corrected chi connectivity index (χ0v) is 11.0. The van der Waals surface area contributed by atoms with Crippen molar-refractivity contribution in [2.24, 2.45) is 0 Å². The average molecular weight is 263 g/mol. The third kappa shape index (κ3) is 4.09. The Labute approximate surface area is 112 Å². The summed E-state index contributed by atoms with van der Waals surface area (Å²) in [6, 6.07) is 3.26. The van der Waals surface area contributed by atoms with Gasteiger partial charge in [0.1, 0.15) is 12.4 Å². The second kappa shape index (κ2) is 6.53. The predicted octanol–water partition coefficient (Wildman–Crippen LogP) is 0.860. The number of amides is 1. The summed E-state index contributed by atoms with van der Waals surface area (Å²) in [7, 11) is 3.31. The third-order valence-corrected chi connectivity index (χ3v) is 2.40. The van der Waals surface area contributed by atoms with Crippen molar-refractivity contribution in [3.8, 4) is 0 Å². The number of aliphatic carboxylic acids is 1. The molecule has 0 unspecified atom stereocenters. The molecule has 1 aromatic heterocycles. The molecule has 0 fully saturated rings. The molecule has 0 aliphatic heterocycles. The van der Waals surface area contributed by atoms with Gasteiger partial charge in [-0.3, -0.25) is 9.59 Å². The molecule has 0 spiro atoms. The molecule has 0 aliphatic rings. The summed E-state index contributed by atoms with van der Waals surface area (Å²) in [4.78, 5) is 29.6. The van der Waals surface area contributed by atoms with E-state index in [4.69, 9.17) is 5.11 Å².